The van der Waals surface area contributed by atoms with Crippen LogP contribution in [-0.2, 0) is 9.53 Å². The van der Waals surface area contributed by atoms with Crippen LogP contribution < -0.4 is 5.32 Å². The molecule has 0 aromatic rings. The van der Waals surface area contributed by atoms with E-state index in [1.807, 2.05) is 13.0 Å². The summed E-state index contributed by atoms with van der Waals surface area (Å²) in [6.45, 7) is 4.94. The Morgan fingerprint density at radius 3 is 2.80 bits per heavy atom. The highest BCUT2D eigenvalue weighted by Gasteiger charge is 2.16. The summed E-state index contributed by atoms with van der Waals surface area (Å²) in [4.78, 5) is 11.4. The molecule has 0 amide bonds. The van der Waals surface area contributed by atoms with Gasteiger partial charge in [0.15, 0.2) is 0 Å². The Kier molecular flexibility index (Phi) is 9.18. The van der Waals surface area contributed by atoms with Crippen molar-refractivity contribution in [2.75, 3.05) is 13.7 Å². The number of unbranched alkanes of at least 4 members (excludes halogenated alkanes) is 1. The van der Waals surface area contributed by atoms with Gasteiger partial charge >= 0.3 is 5.97 Å². The molecule has 88 valence electrons. The topological polar surface area (TPSA) is 38.3 Å². The molecule has 0 saturated carbocycles. The van der Waals surface area contributed by atoms with Gasteiger partial charge in [-0.05, 0) is 26.3 Å². The van der Waals surface area contributed by atoms with Crippen molar-refractivity contribution in [3.8, 4) is 0 Å². The van der Waals surface area contributed by atoms with Gasteiger partial charge in [0.05, 0.1) is 7.11 Å². The molecule has 0 heterocycles. The number of carbonyl (C=O) groups excluding carboxylic acids is 1. The van der Waals surface area contributed by atoms with Gasteiger partial charge in [0.25, 0.3) is 0 Å². The fraction of sp³-hybridized carbons (Fsp3) is 0.750. The highest BCUT2D eigenvalue weighted by molar-refractivity contribution is 5.75. The second-order valence-electron chi connectivity index (χ2n) is 3.53. The molecule has 0 fully saturated rings. The van der Waals surface area contributed by atoms with Crippen molar-refractivity contribution in [1.29, 1.82) is 0 Å². The van der Waals surface area contributed by atoms with Crippen LogP contribution in [0.3, 0.4) is 0 Å². The van der Waals surface area contributed by atoms with E-state index in [9.17, 15) is 4.79 Å². The van der Waals surface area contributed by atoms with Crippen LogP contribution >= 0.6 is 0 Å². The zero-order chi connectivity index (χ0) is 11.5. The van der Waals surface area contributed by atoms with E-state index in [1.165, 1.54) is 7.11 Å². The summed E-state index contributed by atoms with van der Waals surface area (Å²) in [7, 11) is 1.44. The summed E-state index contributed by atoms with van der Waals surface area (Å²) in [6.07, 6.45) is 8.07. The maximum absolute atomic E-state index is 11.4. The Balaban J connectivity index is 3.84. The molecule has 0 radical (unpaired) electrons. The van der Waals surface area contributed by atoms with Crippen molar-refractivity contribution in [2.45, 2.75) is 45.6 Å². The molecule has 1 atom stereocenters. The first-order valence-electron chi connectivity index (χ1n) is 5.68. The number of methoxy groups -OCH3 is 1. The van der Waals surface area contributed by atoms with Gasteiger partial charge in [0.2, 0.25) is 0 Å². The average molecular weight is 213 g/mol. The van der Waals surface area contributed by atoms with E-state index in [1.54, 1.807) is 0 Å². The number of nitrogens with one attached hydrogen (secondary N) is 1. The first-order valence-corrected chi connectivity index (χ1v) is 5.68. The Hall–Kier alpha value is -0.830. The second-order valence-corrected chi connectivity index (χ2v) is 3.53. The monoisotopic (exact) mass is 213 g/mol. The van der Waals surface area contributed by atoms with Gasteiger partial charge in [0.1, 0.15) is 6.04 Å². The number of allylic oxidation sites excluding steroid dienone is 1. The van der Waals surface area contributed by atoms with Crippen molar-refractivity contribution in [3.05, 3.63) is 12.2 Å². The predicted molar refractivity (Wildman–Crippen MR) is 62.8 cm³/mol. The molecule has 3 nitrogen and oxygen atoms in total. The lowest BCUT2D eigenvalue weighted by Crippen LogP contribution is -2.38. The average Bonchev–Trinajstić information content (AvgIpc) is 2.27. The fourth-order valence-electron chi connectivity index (χ4n) is 1.36. The van der Waals surface area contributed by atoms with Crippen molar-refractivity contribution < 1.29 is 9.53 Å². The molecule has 0 bridgehead atoms. The SMILES string of the molecule is C/C=C/CCNC(CCCC)C(=O)OC. The molecular weight excluding hydrogens is 190 g/mol. The van der Waals surface area contributed by atoms with Crippen LogP contribution in [0.25, 0.3) is 0 Å². The van der Waals surface area contributed by atoms with Gasteiger partial charge in [-0.25, -0.2) is 0 Å². The summed E-state index contributed by atoms with van der Waals surface area (Å²) in [5.74, 6) is -0.149. The zero-order valence-corrected chi connectivity index (χ0v) is 10.1. The highest BCUT2D eigenvalue weighted by Crippen LogP contribution is 2.02. The van der Waals surface area contributed by atoms with E-state index in [0.29, 0.717) is 0 Å². The second kappa shape index (κ2) is 9.71. The number of hydrogen-bond donors (Lipinski definition) is 1. The van der Waals surface area contributed by atoms with Crippen molar-refractivity contribution in [1.82, 2.24) is 5.32 Å². The third-order valence-corrected chi connectivity index (χ3v) is 2.27. The van der Waals surface area contributed by atoms with E-state index >= 15 is 0 Å². The largest absolute Gasteiger partial charge is 0.468 e. The summed E-state index contributed by atoms with van der Waals surface area (Å²) in [5.41, 5.74) is 0. The maximum Gasteiger partial charge on any atom is 0.322 e. The quantitative estimate of drug-likeness (QED) is 0.382. The molecular formula is C12H23NO2. The third-order valence-electron chi connectivity index (χ3n) is 2.27. The van der Waals surface area contributed by atoms with Crippen LogP contribution in [0, 0.1) is 0 Å². The predicted octanol–water partition coefficient (Wildman–Crippen LogP) is 2.27. The molecule has 0 aromatic heterocycles. The number of esters is 1. The Labute approximate surface area is 92.9 Å². The summed E-state index contributed by atoms with van der Waals surface area (Å²) in [5, 5.41) is 3.21. The van der Waals surface area contributed by atoms with E-state index in [4.69, 9.17) is 4.74 Å². The smallest absolute Gasteiger partial charge is 0.322 e. The molecule has 0 aliphatic carbocycles. The minimum absolute atomic E-state index is 0.139. The molecule has 0 aromatic carbocycles. The van der Waals surface area contributed by atoms with Gasteiger partial charge < -0.3 is 10.1 Å². The van der Waals surface area contributed by atoms with Gasteiger partial charge in [-0.2, -0.15) is 0 Å². The van der Waals surface area contributed by atoms with Crippen molar-refractivity contribution in [3.63, 3.8) is 0 Å². The highest BCUT2D eigenvalue weighted by atomic mass is 16.5. The van der Waals surface area contributed by atoms with E-state index in [2.05, 4.69) is 18.3 Å². The van der Waals surface area contributed by atoms with E-state index in [-0.39, 0.29) is 12.0 Å². The standard InChI is InChI=1S/C12H23NO2/c1-4-6-8-10-13-11(9-7-5-2)12(14)15-3/h4,6,11,13H,5,7-10H2,1-3H3/b6-4+. The van der Waals surface area contributed by atoms with Crippen LogP contribution in [0.1, 0.15) is 39.5 Å². The molecule has 0 spiro atoms. The maximum atomic E-state index is 11.4. The van der Waals surface area contributed by atoms with Crippen LogP contribution in [0.4, 0.5) is 0 Å². The summed E-state index contributed by atoms with van der Waals surface area (Å²) in [6, 6.07) is -0.139. The Bertz CT molecular complexity index is 190. The lowest BCUT2D eigenvalue weighted by molar-refractivity contribution is -0.143. The lowest BCUT2D eigenvalue weighted by Gasteiger charge is -2.15. The van der Waals surface area contributed by atoms with Crippen LogP contribution in [0.5, 0.6) is 0 Å². The summed E-state index contributed by atoms with van der Waals surface area (Å²) < 4.78 is 4.75. The van der Waals surface area contributed by atoms with Gasteiger partial charge in [-0.3, -0.25) is 4.79 Å². The number of hydrogen-bond acceptors (Lipinski definition) is 3. The number of carbonyl (C=O) groups is 1. The molecule has 1 N–H and O–H groups in total. The lowest BCUT2D eigenvalue weighted by atomic mass is 10.1. The fourth-order valence-corrected chi connectivity index (χ4v) is 1.36. The number of ether oxygens (including phenoxy) is 1. The van der Waals surface area contributed by atoms with Crippen molar-refractivity contribution >= 4 is 5.97 Å². The Morgan fingerprint density at radius 1 is 1.53 bits per heavy atom. The summed E-state index contributed by atoms with van der Waals surface area (Å²) >= 11 is 0. The molecule has 0 saturated heterocycles. The molecule has 3 heteroatoms. The van der Waals surface area contributed by atoms with Gasteiger partial charge in [-0.1, -0.05) is 31.9 Å². The Morgan fingerprint density at radius 2 is 2.27 bits per heavy atom. The molecule has 15 heavy (non-hydrogen) atoms. The van der Waals surface area contributed by atoms with E-state index < -0.39 is 0 Å². The minimum atomic E-state index is -0.149. The normalized spacial score (nSPS) is 13.0. The zero-order valence-electron chi connectivity index (χ0n) is 10.1. The van der Waals surface area contributed by atoms with Crippen LogP contribution in [0.2, 0.25) is 0 Å². The van der Waals surface area contributed by atoms with Gasteiger partial charge in [0, 0.05) is 0 Å². The number of rotatable bonds is 8. The first kappa shape index (κ1) is 14.2. The molecule has 0 rings (SSSR count). The third kappa shape index (κ3) is 7.14. The van der Waals surface area contributed by atoms with Crippen LogP contribution in [-0.4, -0.2) is 25.7 Å². The molecule has 1 unspecified atom stereocenters. The first-order chi connectivity index (χ1) is 7.26. The molecule has 0 aliphatic heterocycles. The van der Waals surface area contributed by atoms with Crippen LogP contribution in [0.15, 0.2) is 12.2 Å². The van der Waals surface area contributed by atoms with Gasteiger partial charge in [-0.15, -0.1) is 0 Å². The molecule has 0 aliphatic rings. The van der Waals surface area contributed by atoms with Crippen molar-refractivity contribution in [2.24, 2.45) is 0 Å². The van der Waals surface area contributed by atoms with E-state index in [0.717, 1.165) is 32.2 Å². The minimum Gasteiger partial charge on any atom is -0.468 e.